The number of rotatable bonds is 22. The van der Waals surface area contributed by atoms with Gasteiger partial charge < -0.3 is 55.9 Å². The van der Waals surface area contributed by atoms with Crippen molar-refractivity contribution in [3.05, 3.63) is 107 Å². The average molecular weight is 1040 g/mol. The zero-order chi connectivity index (χ0) is 54.6. The van der Waals surface area contributed by atoms with E-state index in [2.05, 4.69) is 38.9 Å². The number of pyridine rings is 1. The number of halogens is 1. The number of anilines is 1. The van der Waals surface area contributed by atoms with Crippen LogP contribution in [0.15, 0.2) is 73.1 Å². The van der Waals surface area contributed by atoms with Gasteiger partial charge in [-0.1, -0.05) is 64.6 Å². The minimum absolute atomic E-state index is 0.0101. The summed E-state index contributed by atoms with van der Waals surface area (Å²) in [5.74, 6) is -1.18. The Bertz CT molecular complexity index is 2690. The Morgan fingerprint density at radius 2 is 1.80 bits per heavy atom. The van der Waals surface area contributed by atoms with Crippen LogP contribution in [0.25, 0.3) is 11.1 Å². The first kappa shape index (κ1) is 57.4. The summed E-state index contributed by atoms with van der Waals surface area (Å²) in [5.41, 5.74) is 9.53. The van der Waals surface area contributed by atoms with Crippen molar-refractivity contribution in [3.63, 3.8) is 0 Å². The van der Waals surface area contributed by atoms with Crippen molar-refractivity contribution in [1.29, 1.82) is 5.26 Å². The first-order chi connectivity index (χ1) is 35.7. The first-order valence-corrected chi connectivity index (χ1v) is 25.6. The molecule has 2 aliphatic rings. The van der Waals surface area contributed by atoms with Gasteiger partial charge in [0.25, 0.3) is 5.91 Å². The third-order valence-electron chi connectivity index (χ3n) is 13.8. The third kappa shape index (κ3) is 14.5. The van der Waals surface area contributed by atoms with Gasteiger partial charge in [0.1, 0.15) is 35.8 Å². The minimum Gasteiger partial charge on any atom is -0.482 e. The van der Waals surface area contributed by atoms with Crippen LogP contribution in [-0.2, 0) is 36.9 Å². The van der Waals surface area contributed by atoms with Crippen molar-refractivity contribution in [2.75, 3.05) is 72.9 Å². The molecule has 19 nitrogen and oxygen atoms in total. The summed E-state index contributed by atoms with van der Waals surface area (Å²) in [6, 6.07) is 15.9. The van der Waals surface area contributed by atoms with Gasteiger partial charge >= 0.3 is 0 Å². The van der Waals surface area contributed by atoms with E-state index < -0.39 is 35.3 Å². The number of ether oxygens (including phenoxy) is 3. The first-order valence-electron chi connectivity index (χ1n) is 25.6. The predicted octanol–water partition coefficient (Wildman–Crippen LogP) is 5.10. The number of nitrogens with two attached hydrogens (primary N) is 1. The van der Waals surface area contributed by atoms with E-state index in [0.717, 1.165) is 5.56 Å². The second kappa shape index (κ2) is 26.0. The fourth-order valence-electron chi connectivity index (χ4n) is 9.23. The second-order valence-electron chi connectivity index (χ2n) is 20.3. The van der Waals surface area contributed by atoms with Gasteiger partial charge in [-0.3, -0.25) is 23.9 Å². The highest BCUT2D eigenvalue weighted by molar-refractivity contribution is 5.96. The van der Waals surface area contributed by atoms with Crippen LogP contribution >= 0.6 is 0 Å². The largest absolute Gasteiger partial charge is 0.482 e. The molecule has 0 spiro atoms. The van der Waals surface area contributed by atoms with E-state index in [0.29, 0.717) is 67.2 Å². The van der Waals surface area contributed by atoms with Crippen LogP contribution < -0.4 is 31.7 Å². The smallest absolute Gasteiger partial charge is 0.254 e. The molecule has 2 aromatic heterocycles. The second-order valence-corrected chi connectivity index (χ2v) is 20.3. The highest BCUT2D eigenvalue weighted by atomic mass is 19.1. The van der Waals surface area contributed by atoms with Crippen molar-refractivity contribution in [2.45, 2.75) is 110 Å². The van der Waals surface area contributed by atoms with Crippen molar-refractivity contribution in [2.24, 2.45) is 5.41 Å². The summed E-state index contributed by atoms with van der Waals surface area (Å²) < 4.78 is 33.7. The Morgan fingerprint density at radius 3 is 2.48 bits per heavy atom. The van der Waals surface area contributed by atoms with E-state index in [-0.39, 0.29) is 97.9 Å². The van der Waals surface area contributed by atoms with Crippen molar-refractivity contribution in [1.82, 2.24) is 50.7 Å². The van der Waals surface area contributed by atoms with Crippen LogP contribution in [0.3, 0.4) is 0 Å². The van der Waals surface area contributed by atoms with E-state index in [1.165, 1.54) is 38.9 Å². The number of carbonyl (C=O) groups is 4. The lowest BCUT2D eigenvalue weighted by Crippen LogP contribution is -2.57. The maximum atomic E-state index is 14.5. The molecule has 2 aromatic carbocycles. The van der Waals surface area contributed by atoms with Crippen LogP contribution in [0.4, 0.5) is 10.2 Å². The molecule has 0 aliphatic carbocycles. The normalized spacial score (nSPS) is 17.8. The minimum atomic E-state index is -0.771. The van der Waals surface area contributed by atoms with Crippen LogP contribution in [0.1, 0.15) is 106 Å². The molecule has 1 saturated heterocycles. The summed E-state index contributed by atoms with van der Waals surface area (Å²) in [4.78, 5) is 64.6. The zero-order valence-corrected chi connectivity index (χ0v) is 44.9. The molecule has 6 atom stereocenters. The van der Waals surface area contributed by atoms with E-state index in [9.17, 15) is 28.8 Å². The Hall–Kier alpha value is -6.92. The number of likely N-dealkylation sites (N-methyl/N-ethyl adjacent to an activating group) is 2. The number of likely N-dealkylation sites (tertiary alicyclic amines) is 1. The third-order valence-corrected chi connectivity index (χ3v) is 13.8. The molecule has 2 aliphatic heterocycles. The molecule has 1 fully saturated rings. The number of fused-ring (bicyclic) bond motifs is 5. The lowest BCUT2D eigenvalue weighted by Gasteiger charge is -2.37. The molecule has 0 unspecified atom stereocenters. The summed E-state index contributed by atoms with van der Waals surface area (Å²) in [6.07, 6.45) is 1.97. The standard InChI is InChI=1S/C55H75FN12O7/c1-11-43(37-15-13-12-14-16-37)63-52(70)45-29-40(32-67(45)54(72)50(55(5,6)7)62-35(3)34(2)59-8)60-20-24-74-26-25-73-23-19-48(69)65(9)21-22-68-46(30-57)49-38-27-47(51(58)61-31-38)75-36(4)42-28-39(56)17-18-41(42)53(71)66(10)33-44(49)64-68/h12-18,27-28,31,34,36,40,43,45,50,59-60,62H,3,11,19-26,29,32-33H2,1-2,4-10H3,(H2,58,61)(H,63,70)/t34-,36+,40-,43+,45-,50+/m0/s1. The molecule has 6 rings (SSSR count). The molecular weight excluding hydrogens is 960 g/mol. The number of nitriles is 1. The van der Waals surface area contributed by atoms with Crippen LogP contribution in [-0.4, -0.2) is 144 Å². The molecular formula is C55H75FN12O7. The summed E-state index contributed by atoms with van der Waals surface area (Å²) in [6.45, 7) is 18.2. The lowest BCUT2D eigenvalue weighted by atomic mass is 9.85. The highest BCUT2D eigenvalue weighted by Crippen LogP contribution is 2.36. The summed E-state index contributed by atoms with van der Waals surface area (Å²) in [7, 11) is 5.10. The molecule has 4 amide bonds. The zero-order valence-electron chi connectivity index (χ0n) is 44.9. The number of hydrogen-bond acceptors (Lipinski definition) is 14. The average Bonchev–Trinajstić information content (AvgIpc) is 3.98. The number of aromatic nitrogens is 3. The molecule has 404 valence electrons. The number of nitrogen functional groups attached to an aromatic ring is 1. The van der Waals surface area contributed by atoms with E-state index in [4.69, 9.17) is 25.0 Å². The molecule has 20 heteroatoms. The summed E-state index contributed by atoms with van der Waals surface area (Å²) >= 11 is 0. The molecule has 2 bridgehead atoms. The number of amides is 4. The van der Waals surface area contributed by atoms with E-state index in [1.807, 2.05) is 72.0 Å². The van der Waals surface area contributed by atoms with Crippen molar-refractivity contribution < 1.29 is 37.8 Å². The van der Waals surface area contributed by atoms with Gasteiger partial charge in [-0.15, -0.1) is 0 Å². The molecule has 4 heterocycles. The van der Waals surface area contributed by atoms with Gasteiger partial charge in [0.05, 0.1) is 57.7 Å². The number of hydrogen-bond donors (Lipinski definition) is 5. The molecule has 0 radical (unpaired) electrons. The maximum Gasteiger partial charge on any atom is 0.254 e. The Balaban J connectivity index is 0.985. The SMILES string of the molecule is C=C(N[C@H](C(=O)N1C[C@@H](NCCOCCOCCC(=O)N(C)CCn2nc3c(c2C#N)-c2cnc(N)c(c2)O[C@H](C)c2cc(F)ccc2C(=O)N(C)C3)C[C@H]1C(=O)N[C@H](CC)c1ccccc1)C(C)(C)C)[C@H](C)NC. The van der Waals surface area contributed by atoms with Gasteiger partial charge in [0, 0.05) is 80.0 Å². The fraction of sp³-hybridized carbons (Fsp3) is 0.509. The van der Waals surface area contributed by atoms with Crippen LogP contribution in [0.5, 0.6) is 5.75 Å². The van der Waals surface area contributed by atoms with E-state index in [1.54, 1.807) is 32.0 Å². The molecule has 0 saturated carbocycles. The Labute approximate surface area is 440 Å². The number of nitrogens with one attached hydrogen (secondary N) is 4. The van der Waals surface area contributed by atoms with Crippen molar-refractivity contribution >= 4 is 29.4 Å². The molecule has 75 heavy (non-hydrogen) atoms. The fourth-order valence-corrected chi connectivity index (χ4v) is 9.23. The molecule has 6 N–H and O–H groups in total. The van der Waals surface area contributed by atoms with Gasteiger partial charge in [0.2, 0.25) is 17.7 Å². The summed E-state index contributed by atoms with van der Waals surface area (Å²) in [5, 5.41) is 28.5. The quantitative estimate of drug-likeness (QED) is 0.0645. The highest BCUT2D eigenvalue weighted by Gasteiger charge is 2.45. The van der Waals surface area contributed by atoms with Gasteiger partial charge in [-0.25, -0.2) is 9.37 Å². The topological polar surface area (TPSA) is 234 Å². The lowest BCUT2D eigenvalue weighted by molar-refractivity contribution is -0.142. The van der Waals surface area contributed by atoms with Crippen LogP contribution in [0, 0.1) is 22.6 Å². The monoisotopic (exact) mass is 1030 g/mol. The van der Waals surface area contributed by atoms with Gasteiger partial charge in [0.15, 0.2) is 11.6 Å². The Morgan fingerprint density at radius 1 is 1.08 bits per heavy atom. The van der Waals surface area contributed by atoms with Crippen molar-refractivity contribution in [3.8, 4) is 22.9 Å². The molecule has 4 aromatic rings. The number of benzene rings is 2. The number of carbonyl (C=O) groups excluding carboxylic acids is 4. The van der Waals surface area contributed by atoms with Crippen LogP contribution in [0.2, 0.25) is 0 Å². The Kier molecular flexibility index (Phi) is 19.9. The predicted molar refractivity (Wildman–Crippen MR) is 283 cm³/mol. The van der Waals surface area contributed by atoms with Gasteiger partial charge in [-0.2, -0.15) is 10.4 Å². The van der Waals surface area contributed by atoms with E-state index >= 15 is 0 Å². The van der Waals surface area contributed by atoms with Gasteiger partial charge in [-0.05, 0) is 69.0 Å². The number of nitrogens with zero attached hydrogens (tertiary/aromatic N) is 7. The maximum absolute atomic E-state index is 14.5.